The van der Waals surface area contributed by atoms with Crippen LogP contribution in [0.2, 0.25) is 10.0 Å². The highest BCUT2D eigenvalue weighted by Gasteiger charge is 2.07. The van der Waals surface area contributed by atoms with Crippen molar-refractivity contribution < 1.29 is 0 Å². The number of nitrogens with zero attached hydrogens (tertiary/aromatic N) is 1. The Labute approximate surface area is 100 Å². The van der Waals surface area contributed by atoms with Crippen LogP contribution < -0.4 is 0 Å². The SMILES string of the molecule is Cc1cc(Cl)cc2c(Cl)c(Br)cnc12. The van der Waals surface area contributed by atoms with Crippen molar-refractivity contribution in [2.45, 2.75) is 6.92 Å². The molecule has 0 aliphatic carbocycles. The third kappa shape index (κ3) is 1.62. The summed E-state index contributed by atoms with van der Waals surface area (Å²) in [7, 11) is 0. The van der Waals surface area contributed by atoms with E-state index in [4.69, 9.17) is 23.2 Å². The molecule has 2 rings (SSSR count). The number of fused-ring (bicyclic) bond motifs is 1. The number of hydrogen-bond acceptors (Lipinski definition) is 1. The molecule has 0 aliphatic rings. The summed E-state index contributed by atoms with van der Waals surface area (Å²) in [5.41, 5.74) is 1.92. The quantitative estimate of drug-likeness (QED) is 0.690. The molecule has 0 radical (unpaired) electrons. The standard InChI is InChI=1S/C10H6BrCl2N/c1-5-2-6(12)3-7-9(13)8(11)4-14-10(5)7/h2-4H,1H3. The van der Waals surface area contributed by atoms with Gasteiger partial charge in [0.1, 0.15) is 0 Å². The van der Waals surface area contributed by atoms with Crippen LogP contribution >= 0.6 is 39.1 Å². The van der Waals surface area contributed by atoms with Crippen LogP contribution in [0.15, 0.2) is 22.8 Å². The average Bonchev–Trinajstić information content (AvgIpc) is 2.12. The van der Waals surface area contributed by atoms with Gasteiger partial charge in [0.2, 0.25) is 0 Å². The highest BCUT2D eigenvalue weighted by molar-refractivity contribution is 9.10. The molecular weight excluding hydrogens is 285 g/mol. The zero-order valence-corrected chi connectivity index (χ0v) is 10.4. The lowest BCUT2D eigenvalue weighted by Crippen LogP contribution is -1.85. The van der Waals surface area contributed by atoms with Gasteiger partial charge in [-0.05, 0) is 40.5 Å². The molecular formula is C10H6BrCl2N. The maximum Gasteiger partial charge on any atom is 0.0748 e. The van der Waals surface area contributed by atoms with Gasteiger partial charge in [-0.25, -0.2) is 0 Å². The van der Waals surface area contributed by atoms with Gasteiger partial charge in [-0.15, -0.1) is 0 Å². The zero-order chi connectivity index (χ0) is 10.3. The normalized spacial score (nSPS) is 10.9. The van der Waals surface area contributed by atoms with Gasteiger partial charge < -0.3 is 0 Å². The first-order valence-electron chi connectivity index (χ1n) is 3.99. The predicted octanol–water partition coefficient (Wildman–Crippen LogP) is 4.61. The number of benzene rings is 1. The van der Waals surface area contributed by atoms with Crippen molar-refractivity contribution in [3.8, 4) is 0 Å². The van der Waals surface area contributed by atoms with Crippen molar-refractivity contribution in [2.24, 2.45) is 0 Å². The van der Waals surface area contributed by atoms with Gasteiger partial charge in [-0.1, -0.05) is 23.2 Å². The Balaban J connectivity index is 2.95. The molecule has 0 atom stereocenters. The molecule has 0 spiro atoms. The summed E-state index contributed by atoms with van der Waals surface area (Å²) in [4.78, 5) is 4.29. The van der Waals surface area contributed by atoms with Crippen LogP contribution in [0.25, 0.3) is 10.9 Å². The van der Waals surface area contributed by atoms with Gasteiger partial charge in [-0.2, -0.15) is 0 Å². The number of hydrogen-bond donors (Lipinski definition) is 0. The van der Waals surface area contributed by atoms with E-state index in [0.29, 0.717) is 10.0 Å². The smallest absolute Gasteiger partial charge is 0.0748 e. The van der Waals surface area contributed by atoms with Crippen LogP contribution in [0.1, 0.15) is 5.56 Å². The van der Waals surface area contributed by atoms with Gasteiger partial charge in [-0.3, -0.25) is 4.98 Å². The highest BCUT2D eigenvalue weighted by atomic mass is 79.9. The molecule has 0 fully saturated rings. The van der Waals surface area contributed by atoms with Gasteiger partial charge in [0, 0.05) is 16.6 Å². The second-order valence-electron chi connectivity index (χ2n) is 3.04. The number of halogens is 3. The summed E-state index contributed by atoms with van der Waals surface area (Å²) >= 11 is 15.4. The van der Waals surface area contributed by atoms with Gasteiger partial charge in [0.15, 0.2) is 0 Å². The Bertz CT molecular complexity index is 511. The minimum absolute atomic E-state index is 0.653. The molecule has 72 valence electrons. The van der Waals surface area contributed by atoms with Crippen LogP contribution in [0.3, 0.4) is 0 Å². The molecule has 1 heterocycles. The van der Waals surface area contributed by atoms with E-state index >= 15 is 0 Å². The Kier molecular flexibility index (Phi) is 2.69. The Hall–Kier alpha value is -0.310. The molecule has 0 saturated carbocycles. The molecule has 0 bridgehead atoms. The maximum atomic E-state index is 6.12. The van der Waals surface area contributed by atoms with E-state index in [1.54, 1.807) is 6.20 Å². The number of pyridine rings is 1. The Morgan fingerprint density at radius 3 is 2.71 bits per heavy atom. The van der Waals surface area contributed by atoms with E-state index in [9.17, 15) is 0 Å². The van der Waals surface area contributed by atoms with Crippen molar-refractivity contribution in [3.05, 3.63) is 38.4 Å². The lowest BCUT2D eigenvalue weighted by Gasteiger charge is -2.05. The van der Waals surface area contributed by atoms with Crippen LogP contribution in [0.4, 0.5) is 0 Å². The van der Waals surface area contributed by atoms with Crippen LogP contribution in [0.5, 0.6) is 0 Å². The van der Waals surface area contributed by atoms with E-state index in [-0.39, 0.29) is 0 Å². The average molecular weight is 291 g/mol. The first kappa shape index (κ1) is 10.2. The third-order valence-corrected chi connectivity index (χ3v) is 3.47. The van der Waals surface area contributed by atoms with Crippen molar-refractivity contribution in [3.63, 3.8) is 0 Å². The molecule has 0 aliphatic heterocycles. The van der Waals surface area contributed by atoms with E-state index in [1.807, 2.05) is 19.1 Å². The fourth-order valence-electron chi connectivity index (χ4n) is 1.38. The second-order valence-corrected chi connectivity index (χ2v) is 4.71. The maximum absolute atomic E-state index is 6.12. The topological polar surface area (TPSA) is 12.9 Å². The van der Waals surface area contributed by atoms with Crippen molar-refractivity contribution in [1.29, 1.82) is 0 Å². The van der Waals surface area contributed by atoms with E-state index in [0.717, 1.165) is 20.9 Å². The monoisotopic (exact) mass is 289 g/mol. The summed E-state index contributed by atoms with van der Waals surface area (Å²) in [6.07, 6.45) is 1.70. The molecule has 2 aromatic rings. The van der Waals surface area contributed by atoms with E-state index in [2.05, 4.69) is 20.9 Å². The van der Waals surface area contributed by atoms with Gasteiger partial charge in [0.25, 0.3) is 0 Å². The first-order chi connectivity index (χ1) is 6.59. The molecule has 0 amide bonds. The summed E-state index contributed by atoms with van der Waals surface area (Å²) < 4.78 is 0.785. The second kappa shape index (κ2) is 3.69. The molecule has 0 saturated heterocycles. The molecule has 0 N–H and O–H groups in total. The molecule has 1 nitrogen and oxygen atoms in total. The lowest BCUT2D eigenvalue weighted by molar-refractivity contribution is 1.35. The Morgan fingerprint density at radius 2 is 2.00 bits per heavy atom. The van der Waals surface area contributed by atoms with E-state index in [1.165, 1.54) is 0 Å². The lowest BCUT2D eigenvalue weighted by atomic mass is 10.1. The largest absolute Gasteiger partial charge is 0.255 e. The van der Waals surface area contributed by atoms with Gasteiger partial charge >= 0.3 is 0 Å². The minimum Gasteiger partial charge on any atom is -0.255 e. The molecule has 0 unspecified atom stereocenters. The summed E-state index contributed by atoms with van der Waals surface area (Å²) in [5, 5.41) is 2.21. The predicted molar refractivity (Wildman–Crippen MR) is 64.2 cm³/mol. The fourth-order valence-corrected chi connectivity index (χ4v) is 2.16. The summed E-state index contributed by atoms with van der Waals surface area (Å²) in [6.45, 7) is 1.96. The van der Waals surface area contributed by atoms with Crippen molar-refractivity contribution in [1.82, 2.24) is 4.98 Å². The summed E-state index contributed by atoms with van der Waals surface area (Å²) in [6, 6.07) is 3.70. The number of aryl methyl sites for hydroxylation is 1. The molecule has 1 aromatic heterocycles. The van der Waals surface area contributed by atoms with Crippen molar-refractivity contribution >= 4 is 50.0 Å². The number of aromatic nitrogens is 1. The third-order valence-electron chi connectivity index (χ3n) is 2.02. The minimum atomic E-state index is 0.653. The Morgan fingerprint density at radius 1 is 1.29 bits per heavy atom. The number of rotatable bonds is 0. The van der Waals surface area contributed by atoms with Crippen LogP contribution in [-0.2, 0) is 0 Å². The zero-order valence-electron chi connectivity index (χ0n) is 7.31. The highest BCUT2D eigenvalue weighted by Crippen LogP contribution is 2.32. The van der Waals surface area contributed by atoms with Crippen LogP contribution in [0, 0.1) is 6.92 Å². The fraction of sp³-hybridized carbons (Fsp3) is 0.100. The van der Waals surface area contributed by atoms with E-state index < -0.39 is 0 Å². The molecule has 4 heteroatoms. The molecule has 14 heavy (non-hydrogen) atoms. The van der Waals surface area contributed by atoms with Gasteiger partial charge in [0.05, 0.1) is 15.0 Å². The summed E-state index contributed by atoms with van der Waals surface area (Å²) in [5.74, 6) is 0. The molecule has 1 aromatic carbocycles. The first-order valence-corrected chi connectivity index (χ1v) is 5.54. The van der Waals surface area contributed by atoms with Crippen molar-refractivity contribution in [2.75, 3.05) is 0 Å². The van der Waals surface area contributed by atoms with Crippen LogP contribution in [-0.4, -0.2) is 4.98 Å².